The van der Waals surface area contributed by atoms with Crippen LogP contribution >= 0.6 is 0 Å². The molecule has 0 saturated carbocycles. The molecule has 0 aliphatic heterocycles. The van der Waals surface area contributed by atoms with E-state index in [1.54, 1.807) is 6.92 Å². The van der Waals surface area contributed by atoms with Gasteiger partial charge in [-0.2, -0.15) is 13.2 Å². The van der Waals surface area contributed by atoms with Crippen LogP contribution in [0, 0.1) is 6.92 Å². The molecule has 0 spiro atoms. The zero-order valence-corrected chi connectivity index (χ0v) is 12.8. The number of rotatable bonds is 4. The molecule has 0 amide bonds. The summed E-state index contributed by atoms with van der Waals surface area (Å²) in [5.74, 6) is 1.55. The first-order valence-corrected chi connectivity index (χ1v) is 7.25. The van der Waals surface area contributed by atoms with E-state index in [-0.39, 0.29) is 12.5 Å². The number of para-hydroxylation sites is 1. The molecule has 0 aliphatic rings. The molecule has 0 atom stereocenters. The Labute approximate surface area is 136 Å². The summed E-state index contributed by atoms with van der Waals surface area (Å²) < 4.78 is 48.9. The molecular formula is C18H14F3NO2. The summed E-state index contributed by atoms with van der Waals surface area (Å²) in [5.41, 5.74) is 0.382. The Balaban J connectivity index is 1.76. The van der Waals surface area contributed by atoms with Crippen molar-refractivity contribution in [2.24, 2.45) is 0 Å². The second-order valence-electron chi connectivity index (χ2n) is 5.20. The van der Waals surface area contributed by atoms with Crippen molar-refractivity contribution in [2.75, 3.05) is 0 Å². The van der Waals surface area contributed by atoms with E-state index in [1.165, 1.54) is 12.1 Å². The third kappa shape index (κ3) is 3.59. The molecule has 2 aromatic carbocycles. The quantitative estimate of drug-likeness (QED) is 0.654. The van der Waals surface area contributed by atoms with Crippen LogP contribution < -0.4 is 4.74 Å². The van der Waals surface area contributed by atoms with Gasteiger partial charge in [0, 0.05) is 5.56 Å². The van der Waals surface area contributed by atoms with Crippen molar-refractivity contribution in [2.45, 2.75) is 19.7 Å². The van der Waals surface area contributed by atoms with E-state index in [9.17, 15) is 13.2 Å². The first-order chi connectivity index (χ1) is 11.4. The lowest BCUT2D eigenvalue weighted by Gasteiger charge is -2.06. The van der Waals surface area contributed by atoms with E-state index < -0.39 is 11.7 Å². The zero-order valence-electron chi connectivity index (χ0n) is 12.8. The molecule has 0 fully saturated rings. The molecular weight excluding hydrogens is 319 g/mol. The highest BCUT2D eigenvalue weighted by atomic mass is 19.4. The van der Waals surface area contributed by atoms with Crippen LogP contribution in [0.5, 0.6) is 5.75 Å². The van der Waals surface area contributed by atoms with E-state index in [2.05, 4.69) is 4.98 Å². The van der Waals surface area contributed by atoms with Crippen molar-refractivity contribution in [1.29, 1.82) is 0 Å². The van der Waals surface area contributed by atoms with Gasteiger partial charge in [0.15, 0.2) is 0 Å². The van der Waals surface area contributed by atoms with Crippen LogP contribution in [0.4, 0.5) is 13.2 Å². The lowest BCUT2D eigenvalue weighted by Crippen LogP contribution is -2.04. The van der Waals surface area contributed by atoms with E-state index in [0.29, 0.717) is 22.8 Å². The van der Waals surface area contributed by atoms with Gasteiger partial charge in [0.25, 0.3) is 0 Å². The Kier molecular flexibility index (Phi) is 4.29. The molecule has 1 aromatic heterocycles. The number of benzene rings is 2. The van der Waals surface area contributed by atoms with E-state index in [4.69, 9.17) is 9.15 Å². The number of alkyl halides is 3. The number of ether oxygens (including phenoxy) is 1. The number of oxazole rings is 1. The minimum absolute atomic E-state index is 0.222. The predicted molar refractivity (Wildman–Crippen MR) is 82.5 cm³/mol. The SMILES string of the molecule is Cc1oc(-c2ccc(C(F)(F)F)cc2)nc1COc1ccccc1. The highest BCUT2D eigenvalue weighted by molar-refractivity contribution is 5.54. The standard InChI is InChI=1S/C18H14F3NO2/c1-12-16(11-23-15-5-3-2-4-6-15)22-17(24-12)13-7-9-14(10-8-13)18(19,20)21/h2-10H,11H2,1H3. The number of hydrogen-bond acceptors (Lipinski definition) is 3. The van der Waals surface area contributed by atoms with Crippen LogP contribution in [0.25, 0.3) is 11.5 Å². The van der Waals surface area contributed by atoms with Gasteiger partial charge >= 0.3 is 6.18 Å². The summed E-state index contributed by atoms with van der Waals surface area (Å²) in [4.78, 5) is 4.31. The smallest absolute Gasteiger partial charge is 0.416 e. The molecule has 124 valence electrons. The minimum atomic E-state index is -4.36. The summed E-state index contributed by atoms with van der Waals surface area (Å²) >= 11 is 0. The fraction of sp³-hybridized carbons (Fsp3) is 0.167. The molecule has 3 rings (SSSR count). The highest BCUT2D eigenvalue weighted by Crippen LogP contribution is 2.31. The van der Waals surface area contributed by atoms with Gasteiger partial charge in [0.05, 0.1) is 5.56 Å². The topological polar surface area (TPSA) is 35.3 Å². The second kappa shape index (κ2) is 6.39. The van der Waals surface area contributed by atoms with Gasteiger partial charge in [-0.3, -0.25) is 0 Å². The van der Waals surface area contributed by atoms with Gasteiger partial charge in [-0.15, -0.1) is 0 Å². The zero-order chi connectivity index (χ0) is 17.2. The molecule has 24 heavy (non-hydrogen) atoms. The molecule has 0 bridgehead atoms. The van der Waals surface area contributed by atoms with E-state index >= 15 is 0 Å². The van der Waals surface area contributed by atoms with Gasteiger partial charge < -0.3 is 9.15 Å². The van der Waals surface area contributed by atoms with Crippen molar-refractivity contribution < 1.29 is 22.3 Å². The third-order valence-corrected chi connectivity index (χ3v) is 3.47. The lowest BCUT2D eigenvalue weighted by atomic mass is 10.1. The monoisotopic (exact) mass is 333 g/mol. The van der Waals surface area contributed by atoms with Crippen LogP contribution in [-0.4, -0.2) is 4.98 Å². The van der Waals surface area contributed by atoms with E-state index in [0.717, 1.165) is 12.1 Å². The fourth-order valence-electron chi connectivity index (χ4n) is 2.16. The lowest BCUT2D eigenvalue weighted by molar-refractivity contribution is -0.137. The maximum Gasteiger partial charge on any atom is 0.416 e. The van der Waals surface area contributed by atoms with Crippen LogP contribution in [0.1, 0.15) is 17.0 Å². The molecule has 1 heterocycles. The number of aromatic nitrogens is 1. The maximum atomic E-state index is 12.6. The number of nitrogens with zero attached hydrogens (tertiary/aromatic N) is 1. The van der Waals surface area contributed by atoms with Gasteiger partial charge in [-0.05, 0) is 43.3 Å². The van der Waals surface area contributed by atoms with E-state index in [1.807, 2.05) is 30.3 Å². The first-order valence-electron chi connectivity index (χ1n) is 7.25. The average molecular weight is 333 g/mol. The van der Waals surface area contributed by atoms with Crippen molar-refractivity contribution in [3.63, 3.8) is 0 Å². The minimum Gasteiger partial charge on any atom is -0.487 e. The Hall–Kier alpha value is -2.76. The van der Waals surface area contributed by atoms with Crippen LogP contribution in [0.15, 0.2) is 59.0 Å². The summed E-state index contributed by atoms with van der Waals surface area (Å²) in [7, 11) is 0. The number of hydrogen-bond donors (Lipinski definition) is 0. The molecule has 0 unspecified atom stereocenters. The molecule has 0 N–H and O–H groups in total. The van der Waals surface area contributed by atoms with Gasteiger partial charge in [0.2, 0.25) is 5.89 Å². The fourth-order valence-corrected chi connectivity index (χ4v) is 2.16. The van der Waals surface area contributed by atoms with Gasteiger partial charge in [0.1, 0.15) is 23.8 Å². The van der Waals surface area contributed by atoms with Crippen LogP contribution in [-0.2, 0) is 12.8 Å². The molecule has 3 nitrogen and oxygen atoms in total. The molecule has 0 aliphatic carbocycles. The second-order valence-corrected chi connectivity index (χ2v) is 5.20. The molecule has 0 radical (unpaired) electrons. The number of halogens is 3. The highest BCUT2D eigenvalue weighted by Gasteiger charge is 2.30. The summed E-state index contributed by atoms with van der Waals surface area (Å²) in [5, 5.41) is 0. The van der Waals surface area contributed by atoms with Crippen LogP contribution in [0.3, 0.4) is 0 Å². The van der Waals surface area contributed by atoms with Crippen molar-refractivity contribution >= 4 is 0 Å². The Morgan fingerprint density at radius 3 is 2.29 bits per heavy atom. The largest absolute Gasteiger partial charge is 0.487 e. The van der Waals surface area contributed by atoms with Crippen molar-refractivity contribution in [3.8, 4) is 17.2 Å². The maximum absolute atomic E-state index is 12.6. The average Bonchev–Trinajstić information content (AvgIpc) is 2.94. The molecule has 3 aromatic rings. The summed E-state index contributed by atoms with van der Waals surface area (Å²) in [6.07, 6.45) is -4.36. The third-order valence-electron chi connectivity index (χ3n) is 3.47. The van der Waals surface area contributed by atoms with Crippen molar-refractivity contribution in [3.05, 3.63) is 71.6 Å². The Morgan fingerprint density at radius 1 is 1.00 bits per heavy atom. The summed E-state index contributed by atoms with van der Waals surface area (Å²) in [6.45, 7) is 1.96. The predicted octanol–water partition coefficient (Wildman–Crippen LogP) is 5.25. The molecule has 6 heteroatoms. The summed E-state index contributed by atoms with van der Waals surface area (Å²) in [6, 6.07) is 14.0. The van der Waals surface area contributed by atoms with Crippen molar-refractivity contribution in [1.82, 2.24) is 4.98 Å². The number of aryl methyl sites for hydroxylation is 1. The molecule has 0 saturated heterocycles. The van der Waals surface area contributed by atoms with Crippen LogP contribution in [0.2, 0.25) is 0 Å². The Bertz CT molecular complexity index is 809. The first kappa shape index (κ1) is 16.1. The normalized spacial score (nSPS) is 11.5. The Morgan fingerprint density at radius 2 is 1.67 bits per heavy atom. The van der Waals surface area contributed by atoms with Gasteiger partial charge in [-0.25, -0.2) is 4.98 Å². The van der Waals surface area contributed by atoms with Gasteiger partial charge in [-0.1, -0.05) is 18.2 Å².